The summed E-state index contributed by atoms with van der Waals surface area (Å²) in [5.74, 6) is 0. The molecule has 2 rings (SSSR count). The number of ether oxygens (including phenoxy) is 1. The summed E-state index contributed by atoms with van der Waals surface area (Å²) in [6.07, 6.45) is 3.79. The Labute approximate surface area is 114 Å². The predicted molar refractivity (Wildman–Crippen MR) is 75.1 cm³/mol. The van der Waals surface area contributed by atoms with Gasteiger partial charge in [-0.25, -0.2) is 4.79 Å². The first-order valence-electron chi connectivity index (χ1n) is 7.00. The fraction of sp³-hybridized carbons (Fsp3) is 0.533. The Morgan fingerprint density at radius 2 is 1.95 bits per heavy atom. The second-order valence-electron chi connectivity index (χ2n) is 4.88. The molecule has 2 amide bonds. The van der Waals surface area contributed by atoms with Crippen LogP contribution in [0.3, 0.4) is 0 Å². The SMILES string of the molecule is O=C(NCCCc1ccccc1)NC1CCOCC1. The van der Waals surface area contributed by atoms with Crippen molar-refractivity contribution in [2.24, 2.45) is 0 Å². The Hall–Kier alpha value is -1.55. The summed E-state index contributed by atoms with van der Waals surface area (Å²) >= 11 is 0. The maximum absolute atomic E-state index is 11.7. The fourth-order valence-electron chi connectivity index (χ4n) is 2.22. The van der Waals surface area contributed by atoms with Crippen molar-refractivity contribution in [2.75, 3.05) is 19.8 Å². The van der Waals surface area contributed by atoms with Crippen molar-refractivity contribution < 1.29 is 9.53 Å². The number of urea groups is 1. The van der Waals surface area contributed by atoms with Crippen molar-refractivity contribution in [1.29, 1.82) is 0 Å². The van der Waals surface area contributed by atoms with Gasteiger partial charge in [0.2, 0.25) is 0 Å². The molecule has 4 heteroatoms. The summed E-state index contributed by atoms with van der Waals surface area (Å²) in [5.41, 5.74) is 1.31. The van der Waals surface area contributed by atoms with E-state index in [0.29, 0.717) is 6.54 Å². The van der Waals surface area contributed by atoms with E-state index in [1.165, 1.54) is 5.56 Å². The third-order valence-electron chi connectivity index (χ3n) is 3.33. The number of carbonyl (C=O) groups excluding carboxylic acids is 1. The van der Waals surface area contributed by atoms with Crippen LogP contribution >= 0.6 is 0 Å². The Kier molecular flexibility index (Phi) is 5.69. The molecule has 104 valence electrons. The molecule has 19 heavy (non-hydrogen) atoms. The molecule has 1 aliphatic heterocycles. The number of benzene rings is 1. The molecule has 1 saturated heterocycles. The average molecular weight is 262 g/mol. The highest BCUT2D eigenvalue weighted by atomic mass is 16.5. The van der Waals surface area contributed by atoms with Gasteiger partial charge in [-0.15, -0.1) is 0 Å². The smallest absolute Gasteiger partial charge is 0.315 e. The van der Waals surface area contributed by atoms with Gasteiger partial charge in [0.15, 0.2) is 0 Å². The molecule has 0 saturated carbocycles. The van der Waals surface area contributed by atoms with Gasteiger partial charge < -0.3 is 15.4 Å². The standard InChI is InChI=1S/C15H22N2O2/c18-15(17-14-8-11-19-12-9-14)16-10-4-7-13-5-2-1-3-6-13/h1-3,5-6,14H,4,7-12H2,(H2,16,17,18). The van der Waals surface area contributed by atoms with Gasteiger partial charge in [-0.1, -0.05) is 30.3 Å². The normalized spacial score (nSPS) is 16.0. The number of hydrogen-bond acceptors (Lipinski definition) is 2. The van der Waals surface area contributed by atoms with Crippen LogP contribution in [-0.4, -0.2) is 31.8 Å². The van der Waals surface area contributed by atoms with Gasteiger partial charge >= 0.3 is 6.03 Å². The van der Waals surface area contributed by atoms with E-state index in [4.69, 9.17) is 4.74 Å². The predicted octanol–water partition coefficient (Wildman–Crippen LogP) is 2.10. The monoisotopic (exact) mass is 262 g/mol. The lowest BCUT2D eigenvalue weighted by molar-refractivity contribution is 0.0801. The molecule has 1 aromatic rings. The molecule has 1 aliphatic rings. The van der Waals surface area contributed by atoms with Gasteiger partial charge in [0.25, 0.3) is 0 Å². The van der Waals surface area contributed by atoms with Gasteiger partial charge in [-0.05, 0) is 31.2 Å². The lowest BCUT2D eigenvalue weighted by Gasteiger charge is -2.23. The van der Waals surface area contributed by atoms with Gasteiger partial charge in [-0.2, -0.15) is 0 Å². The molecule has 1 fully saturated rings. The summed E-state index contributed by atoms with van der Waals surface area (Å²) in [5, 5.41) is 5.90. The van der Waals surface area contributed by atoms with E-state index in [2.05, 4.69) is 22.8 Å². The summed E-state index contributed by atoms with van der Waals surface area (Å²) in [6.45, 7) is 2.21. The maximum atomic E-state index is 11.7. The van der Waals surface area contributed by atoms with Crippen molar-refractivity contribution in [3.05, 3.63) is 35.9 Å². The average Bonchev–Trinajstić information content (AvgIpc) is 2.46. The highest BCUT2D eigenvalue weighted by Crippen LogP contribution is 2.05. The van der Waals surface area contributed by atoms with E-state index in [9.17, 15) is 4.79 Å². The molecule has 4 nitrogen and oxygen atoms in total. The van der Waals surface area contributed by atoms with Crippen LogP contribution in [0.15, 0.2) is 30.3 Å². The Balaban J connectivity index is 1.56. The van der Waals surface area contributed by atoms with Crippen LogP contribution in [0.25, 0.3) is 0 Å². The number of hydrogen-bond donors (Lipinski definition) is 2. The lowest BCUT2D eigenvalue weighted by Crippen LogP contribution is -2.44. The minimum absolute atomic E-state index is 0.0556. The van der Waals surface area contributed by atoms with Crippen LogP contribution in [0.4, 0.5) is 4.79 Å². The van der Waals surface area contributed by atoms with Crippen LogP contribution in [0.5, 0.6) is 0 Å². The van der Waals surface area contributed by atoms with Crippen molar-refractivity contribution in [1.82, 2.24) is 10.6 Å². The molecule has 1 heterocycles. The lowest BCUT2D eigenvalue weighted by atomic mass is 10.1. The fourth-order valence-corrected chi connectivity index (χ4v) is 2.22. The van der Waals surface area contributed by atoms with Crippen molar-refractivity contribution in [2.45, 2.75) is 31.7 Å². The highest BCUT2D eigenvalue weighted by Gasteiger charge is 2.15. The molecule has 0 aliphatic carbocycles. The summed E-state index contributed by atoms with van der Waals surface area (Å²) in [4.78, 5) is 11.7. The van der Waals surface area contributed by atoms with E-state index in [0.717, 1.165) is 38.9 Å². The molecule has 0 spiro atoms. The van der Waals surface area contributed by atoms with Crippen molar-refractivity contribution >= 4 is 6.03 Å². The summed E-state index contributed by atoms with van der Waals surface area (Å²) in [7, 11) is 0. The zero-order valence-corrected chi connectivity index (χ0v) is 11.2. The zero-order valence-electron chi connectivity index (χ0n) is 11.2. The van der Waals surface area contributed by atoms with Crippen LogP contribution in [0, 0.1) is 0 Å². The maximum Gasteiger partial charge on any atom is 0.315 e. The van der Waals surface area contributed by atoms with Crippen LogP contribution in [-0.2, 0) is 11.2 Å². The minimum atomic E-state index is -0.0556. The Morgan fingerprint density at radius 1 is 1.21 bits per heavy atom. The molecule has 2 N–H and O–H groups in total. The third kappa shape index (κ3) is 5.30. The Bertz CT molecular complexity index is 375. The molecule has 0 bridgehead atoms. The Morgan fingerprint density at radius 3 is 2.68 bits per heavy atom. The van der Waals surface area contributed by atoms with E-state index in [1.807, 2.05) is 18.2 Å². The van der Waals surface area contributed by atoms with Crippen molar-refractivity contribution in [3.8, 4) is 0 Å². The number of nitrogens with one attached hydrogen (secondary N) is 2. The van der Waals surface area contributed by atoms with Crippen LogP contribution < -0.4 is 10.6 Å². The zero-order chi connectivity index (χ0) is 13.3. The molecule has 1 aromatic carbocycles. The topological polar surface area (TPSA) is 50.4 Å². The first-order valence-corrected chi connectivity index (χ1v) is 7.00. The number of aryl methyl sites for hydroxylation is 1. The van der Waals surface area contributed by atoms with Crippen LogP contribution in [0.1, 0.15) is 24.8 Å². The summed E-state index contributed by atoms with van der Waals surface area (Å²) < 4.78 is 5.26. The van der Waals surface area contributed by atoms with Gasteiger partial charge in [0, 0.05) is 25.8 Å². The third-order valence-corrected chi connectivity index (χ3v) is 3.33. The van der Waals surface area contributed by atoms with Gasteiger partial charge in [-0.3, -0.25) is 0 Å². The second kappa shape index (κ2) is 7.79. The number of rotatable bonds is 5. The molecule has 0 unspecified atom stereocenters. The molecular weight excluding hydrogens is 240 g/mol. The molecule has 0 radical (unpaired) electrons. The summed E-state index contributed by atoms with van der Waals surface area (Å²) in [6, 6.07) is 10.5. The molecule has 0 aromatic heterocycles. The van der Waals surface area contributed by atoms with Crippen molar-refractivity contribution in [3.63, 3.8) is 0 Å². The van der Waals surface area contributed by atoms with Crippen LogP contribution in [0.2, 0.25) is 0 Å². The first-order chi connectivity index (χ1) is 9.34. The minimum Gasteiger partial charge on any atom is -0.381 e. The molecule has 0 atom stereocenters. The highest BCUT2D eigenvalue weighted by molar-refractivity contribution is 5.74. The number of carbonyl (C=O) groups is 1. The second-order valence-corrected chi connectivity index (χ2v) is 4.88. The van der Waals surface area contributed by atoms with Gasteiger partial charge in [0.05, 0.1) is 0 Å². The van der Waals surface area contributed by atoms with E-state index in [1.54, 1.807) is 0 Å². The van der Waals surface area contributed by atoms with E-state index >= 15 is 0 Å². The largest absolute Gasteiger partial charge is 0.381 e. The van der Waals surface area contributed by atoms with Gasteiger partial charge in [0.1, 0.15) is 0 Å². The first kappa shape index (κ1) is 13.9. The quantitative estimate of drug-likeness (QED) is 0.798. The molecular formula is C15H22N2O2. The van der Waals surface area contributed by atoms with E-state index in [-0.39, 0.29) is 12.1 Å². The number of amides is 2. The van der Waals surface area contributed by atoms with E-state index < -0.39 is 0 Å².